The van der Waals surface area contributed by atoms with Crippen LogP contribution in [0.5, 0.6) is 0 Å². The van der Waals surface area contributed by atoms with Crippen molar-refractivity contribution in [3.63, 3.8) is 0 Å². The second kappa shape index (κ2) is 18.1. The molecule has 3 fully saturated rings. The van der Waals surface area contributed by atoms with E-state index in [9.17, 15) is 47.4 Å². The molecule has 7 amide bonds. The van der Waals surface area contributed by atoms with Crippen LogP contribution in [-0.2, 0) is 39.9 Å². The first-order valence-electron chi connectivity index (χ1n) is 19.0. The fraction of sp³-hybridized carbons (Fsp3) is 0.475. The maximum Gasteiger partial charge on any atom is 0.334 e. The summed E-state index contributed by atoms with van der Waals surface area (Å²) in [7, 11) is 1.28. The summed E-state index contributed by atoms with van der Waals surface area (Å²) in [5.41, 5.74) is 1.25. The maximum absolute atomic E-state index is 14.5. The zero-order valence-corrected chi connectivity index (χ0v) is 32.9. The molecule has 3 aliphatic heterocycles. The third kappa shape index (κ3) is 9.96. The normalized spacial score (nSPS) is 25.7. The van der Waals surface area contributed by atoms with E-state index < -0.39 is 108 Å². The summed E-state index contributed by atoms with van der Waals surface area (Å²) in [5.74, 6) is -7.87. The number of carbonyl (C=O) groups excluding carboxylic acids is 7. The Hall–Kier alpha value is -5.91. The number of aliphatic hydroxyl groups is 1. The molecule has 0 bridgehead atoms. The van der Waals surface area contributed by atoms with Crippen LogP contribution in [0.1, 0.15) is 51.2 Å². The van der Waals surface area contributed by atoms with Gasteiger partial charge in [-0.1, -0.05) is 31.2 Å². The number of aliphatic hydroxyl groups excluding tert-OH is 1. The van der Waals surface area contributed by atoms with Gasteiger partial charge in [0.2, 0.25) is 23.6 Å². The van der Waals surface area contributed by atoms with Crippen molar-refractivity contribution in [2.45, 2.75) is 95.7 Å². The van der Waals surface area contributed by atoms with Crippen molar-refractivity contribution >= 4 is 47.2 Å². The Kier molecular flexibility index (Phi) is 13.5. The number of cyclic esters (lactones) is 1. The van der Waals surface area contributed by atoms with Crippen molar-refractivity contribution < 1.29 is 52.2 Å². The predicted molar refractivity (Wildman–Crippen MR) is 204 cm³/mol. The number of likely N-dealkylation sites (N-methyl/N-ethyl adjacent to an activating group) is 1. The van der Waals surface area contributed by atoms with E-state index in [1.54, 1.807) is 31.2 Å². The number of benzene rings is 2. The smallest absolute Gasteiger partial charge is 0.334 e. The molecule has 2 aromatic rings. The Labute approximate surface area is 334 Å². The van der Waals surface area contributed by atoms with Crippen LogP contribution < -0.4 is 21.3 Å². The number of hydrogen-bond donors (Lipinski definition) is 5. The second-order valence-electron chi connectivity index (χ2n) is 15.2. The molecule has 16 nitrogen and oxygen atoms in total. The summed E-state index contributed by atoms with van der Waals surface area (Å²) in [6, 6.07) is -0.156. The first kappa shape index (κ1) is 43.2. The number of aryl methyl sites for hydroxylation is 1. The highest BCUT2D eigenvalue weighted by Gasteiger charge is 2.46. The number of esters is 1. The van der Waals surface area contributed by atoms with Crippen molar-refractivity contribution in [3.8, 4) is 0 Å². The molecule has 0 unspecified atom stereocenters. The number of halogens is 2. The third-order valence-corrected chi connectivity index (χ3v) is 10.5. The number of nitrogens with zero attached hydrogens (tertiary/aromatic N) is 3. The molecule has 5 rings (SSSR count). The van der Waals surface area contributed by atoms with Gasteiger partial charge in [-0.2, -0.15) is 0 Å². The van der Waals surface area contributed by atoms with Gasteiger partial charge in [-0.25, -0.2) is 18.4 Å². The number of urea groups is 1. The van der Waals surface area contributed by atoms with Gasteiger partial charge >= 0.3 is 12.0 Å². The molecule has 3 aliphatic rings. The number of anilines is 1. The van der Waals surface area contributed by atoms with Gasteiger partial charge in [0.05, 0.1) is 6.10 Å². The van der Waals surface area contributed by atoms with Crippen LogP contribution in [0, 0.1) is 24.5 Å². The number of fused-ring (bicyclic) bond motifs is 2. The largest absolute Gasteiger partial charge is 0.427 e. The van der Waals surface area contributed by atoms with Crippen molar-refractivity contribution in [2.75, 3.05) is 25.5 Å². The Morgan fingerprint density at radius 1 is 0.983 bits per heavy atom. The fourth-order valence-corrected chi connectivity index (χ4v) is 7.58. The Balaban J connectivity index is 1.52. The van der Waals surface area contributed by atoms with Gasteiger partial charge in [-0.05, 0) is 75.8 Å². The monoisotopic (exact) mass is 809 g/mol. The van der Waals surface area contributed by atoms with Crippen molar-refractivity contribution in [3.05, 3.63) is 77.6 Å². The Morgan fingerprint density at radius 3 is 2.28 bits per heavy atom. The molecule has 312 valence electrons. The van der Waals surface area contributed by atoms with Gasteiger partial charge in [0, 0.05) is 38.3 Å². The molecule has 3 saturated heterocycles. The van der Waals surface area contributed by atoms with Crippen molar-refractivity contribution in [2.24, 2.45) is 5.92 Å². The van der Waals surface area contributed by atoms with Crippen LogP contribution in [0.4, 0.5) is 19.3 Å². The van der Waals surface area contributed by atoms with Crippen LogP contribution in [0.2, 0.25) is 0 Å². The number of rotatable bonds is 7. The maximum atomic E-state index is 14.5. The molecule has 0 radical (unpaired) electrons. The highest BCUT2D eigenvalue weighted by molar-refractivity contribution is 5.99. The quantitative estimate of drug-likeness (QED) is 0.257. The third-order valence-electron chi connectivity index (χ3n) is 10.5. The summed E-state index contributed by atoms with van der Waals surface area (Å²) >= 11 is 0. The summed E-state index contributed by atoms with van der Waals surface area (Å²) in [6.07, 6.45) is -1.31. The van der Waals surface area contributed by atoms with Gasteiger partial charge in [0.1, 0.15) is 47.6 Å². The standard InChI is InChI=1S/C40H49F2N7O9/c1-20-9-11-28(12-10-20)44-40(57)45-29(17-25-15-26(41)18-27(42)16-25)34(51)46-32-24(5)58-39(56)31-14-21(2)19-49(31)36(53)22(3)43-35(52)33(23(4)50)47(6)37(54)30-8-7-13-48(30)38(32)55/h9-12,15-16,18,21-23,29-33,50H,5,7-8,13-14,17,19H2,1-4,6H3,(H,43,52)(H,46,51)(H2,44,45,57)/t21-,22-,23+,29-,30-,31-,32-,33-/m0/s1. The average Bonchev–Trinajstić information content (AvgIpc) is 3.80. The van der Waals surface area contributed by atoms with Crippen LogP contribution in [0.25, 0.3) is 0 Å². The molecule has 0 aromatic heterocycles. The van der Waals surface area contributed by atoms with Gasteiger partial charge in [0.15, 0.2) is 6.04 Å². The average molecular weight is 810 g/mol. The molecule has 5 N–H and O–H groups in total. The first-order chi connectivity index (χ1) is 27.3. The van der Waals surface area contributed by atoms with Gasteiger partial charge in [0.25, 0.3) is 5.91 Å². The second-order valence-corrected chi connectivity index (χ2v) is 15.2. The molecule has 58 heavy (non-hydrogen) atoms. The van der Waals surface area contributed by atoms with Crippen molar-refractivity contribution in [1.82, 2.24) is 30.7 Å². The fourth-order valence-electron chi connectivity index (χ4n) is 7.58. The summed E-state index contributed by atoms with van der Waals surface area (Å²) in [6.45, 7) is 10.2. The molecule has 18 heteroatoms. The Bertz CT molecular complexity index is 1940. The van der Waals surface area contributed by atoms with Gasteiger partial charge < -0.3 is 45.8 Å². The number of carbonyl (C=O) groups is 7. The molecular weight excluding hydrogens is 760 g/mol. The minimum atomic E-state index is -1.88. The lowest BCUT2D eigenvalue weighted by Gasteiger charge is -2.36. The molecule has 0 aliphatic carbocycles. The van der Waals surface area contributed by atoms with E-state index in [2.05, 4.69) is 27.8 Å². The zero-order valence-electron chi connectivity index (χ0n) is 32.9. The van der Waals surface area contributed by atoms with Crippen LogP contribution in [0.3, 0.4) is 0 Å². The van der Waals surface area contributed by atoms with E-state index in [4.69, 9.17) is 4.74 Å². The molecule has 0 spiro atoms. The first-order valence-corrected chi connectivity index (χ1v) is 19.0. The number of amides is 7. The van der Waals surface area contributed by atoms with Crippen molar-refractivity contribution in [1.29, 1.82) is 0 Å². The highest BCUT2D eigenvalue weighted by atomic mass is 19.1. The van der Waals surface area contributed by atoms with E-state index in [1.165, 1.54) is 25.8 Å². The lowest BCUT2D eigenvalue weighted by atomic mass is 10.0. The van der Waals surface area contributed by atoms with Gasteiger partial charge in [-0.15, -0.1) is 0 Å². The summed E-state index contributed by atoms with van der Waals surface area (Å²) in [4.78, 5) is 100. The molecular formula is C40H49F2N7O9. The van der Waals surface area contributed by atoms with Crippen LogP contribution >= 0.6 is 0 Å². The van der Waals surface area contributed by atoms with E-state index in [0.29, 0.717) is 18.2 Å². The lowest BCUT2D eigenvalue weighted by Crippen LogP contribution is -2.62. The number of ether oxygens (including phenoxy) is 1. The lowest BCUT2D eigenvalue weighted by molar-refractivity contribution is -0.155. The van der Waals surface area contributed by atoms with E-state index in [-0.39, 0.29) is 37.4 Å². The van der Waals surface area contributed by atoms with E-state index in [0.717, 1.165) is 27.5 Å². The van der Waals surface area contributed by atoms with E-state index in [1.807, 2.05) is 6.92 Å². The number of hydrogen-bond acceptors (Lipinski definition) is 9. The Morgan fingerprint density at radius 2 is 1.64 bits per heavy atom. The minimum Gasteiger partial charge on any atom is -0.427 e. The zero-order chi connectivity index (χ0) is 42.6. The molecule has 0 saturated carbocycles. The molecule has 3 heterocycles. The minimum absolute atomic E-state index is 0.00905. The highest BCUT2D eigenvalue weighted by Crippen LogP contribution is 2.28. The summed E-state index contributed by atoms with van der Waals surface area (Å²) < 4.78 is 34.2. The predicted octanol–water partition coefficient (Wildman–Crippen LogP) is 1.50. The molecule has 8 atom stereocenters. The van der Waals surface area contributed by atoms with Crippen LogP contribution in [0.15, 0.2) is 54.8 Å². The SMILES string of the molecule is C=C1OC(=O)[C@@H]2C[C@H](C)CN2C(=O)[C@H](C)NC(=O)[C@H]([C@@H](C)O)N(C)C(=O)[C@@H]2CCCN2C(=O)[C@H]1NC(=O)[C@H](Cc1cc(F)cc(F)c1)NC(=O)Nc1ccc(C)cc1. The topological polar surface area (TPSA) is 207 Å². The number of nitrogens with one attached hydrogen (secondary N) is 4. The van der Waals surface area contributed by atoms with Crippen LogP contribution in [-0.4, -0.2) is 124 Å². The molecule has 2 aromatic carbocycles. The summed E-state index contributed by atoms with van der Waals surface area (Å²) in [5, 5.41) is 20.8. The van der Waals surface area contributed by atoms with Gasteiger partial charge in [-0.3, -0.25) is 24.0 Å². The van der Waals surface area contributed by atoms with E-state index >= 15 is 0 Å².